The SMILES string of the molecule is Cc1ccc(-c2cc(NC(=O)c3nc4cccc(Br)c4o3)cs2)c(F)c1F. The van der Waals surface area contributed by atoms with Crippen LogP contribution >= 0.6 is 27.3 Å². The van der Waals surface area contributed by atoms with Crippen molar-refractivity contribution in [1.29, 1.82) is 0 Å². The molecule has 8 heteroatoms. The van der Waals surface area contributed by atoms with E-state index in [0.29, 0.717) is 26.1 Å². The van der Waals surface area contributed by atoms with Gasteiger partial charge < -0.3 is 9.73 Å². The predicted molar refractivity (Wildman–Crippen MR) is 104 cm³/mol. The molecule has 0 aliphatic heterocycles. The first-order chi connectivity index (χ1) is 12.9. The molecule has 0 spiro atoms. The third-order valence-electron chi connectivity index (χ3n) is 3.96. The minimum absolute atomic E-state index is 0.0859. The van der Waals surface area contributed by atoms with Crippen LogP contribution in [0, 0.1) is 18.6 Å². The zero-order chi connectivity index (χ0) is 19.1. The fourth-order valence-corrected chi connectivity index (χ4v) is 3.87. The maximum Gasteiger partial charge on any atom is 0.311 e. The molecular formula is C19H11BrF2N2O2S. The van der Waals surface area contributed by atoms with Crippen molar-refractivity contribution < 1.29 is 18.0 Å². The lowest BCUT2D eigenvalue weighted by Gasteiger charge is -2.03. The highest BCUT2D eigenvalue weighted by atomic mass is 79.9. The second-order valence-electron chi connectivity index (χ2n) is 5.82. The normalized spacial score (nSPS) is 11.1. The minimum atomic E-state index is -0.904. The number of carbonyl (C=O) groups is 1. The molecule has 0 fully saturated rings. The Morgan fingerprint density at radius 3 is 2.81 bits per heavy atom. The van der Waals surface area contributed by atoms with Crippen molar-refractivity contribution >= 4 is 50.0 Å². The van der Waals surface area contributed by atoms with E-state index in [0.717, 1.165) is 0 Å². The number of anilines is 1. The monoisotopic (exact) mass is 448 g/mol. The van der Waals surface area contributed by atoms with Crippen molar-refractivity contribution in [3.63, 3.8) is 0 Å². The second kappa shape index (κ2) is 6.86. The zero-order valence-electron chi connectivity index (χ0n) is 13.8. The number of hydrogen-bond acceptors (Lipinski definition) is 4. The quantitative estimate of drug-likeness (QED) is 0.408. The number of fused-ring (bicyclic) bond motifs is 1. The van der Waals surface area contributed by atoms with Gasteiger partial charge in [-0.3, -0.25) is 4.79 Å². The van der Waals surface area contributed by atoms with Crippen LogP contribution in [0.5, 0.6) is 0 Å². The van der Waals surface area contributed by atoms with Gasteiger partial charge in [0.15, 0.2) is 17.2 Å². The van der Waals surface area contributed by atoms with Gasteiger partial charge in [0.1, 0.15) is 5.52 Å². The highest BCUT2D eigenvalue weighted by Crippen LogP contribution is 2.33. The van der Waals surface area contributed by atoms with Crippen LogP contribution in [0.4, 0.5) is 14.5 Å². The summed E-state index contributed by atoms with van der Waals surface area (Å²) < 4.78 is 34.1. The Balaban J connectivity index is 1.59. The van der Waals surface area contributed by atoms with E-state index in [-0.39, 0.29) is 17.0 Å². The Kier molecular flexibility index (Phi) is 4.53. The number of nitrogens with zero attached hydrogens (tertiary/aromatic N) is 1. The molecule has 0 saturated carbocycles. The van der Waals surface area contributed by atoms with Crippen LogP contribution in [0.2, 0.25) is 0 Å². The highest BCUT2D eigenvalue weighted by molar-refractivity contribution is 9.10. The molecule has 0 bridgehead atoms. The van der Waals surface area contributed by atoms with Gasteiger partial charge in [-0.1, -0.05) is 18.2 Å². The summed E-state index contributed by atoms with van der Waals surface area (Å²) in [6.45, 7) is 1.50. The fraction of sp³-hybridized carbons (Fsp3) is 0.0526. The number of aromatic nitrogens is 1. The molecule has 4 rings (SSSR count). The average molecular weight is 449 g/mol. The van der Waals surface area contributed by atoms with Gasteiger partial charge in [0.05, 0.1) is 10.2 Å². The number of thiophene rings is 1. The topological polar surface area (TPSA) is 55.1 Å². The summed E-state index contributed by atoms with van der Waals surface area (Å²) in [5.74, 6) is -2.39. The first-order valence-corrected chi connectivity index (χ1v) is 9.51. The molecule has 0 atom stereocenters. The van der Waals surface area contributed by atoms with Gasteiger partial charge in [-0.2, -0.15) is 0 Å². The molecule has 4 nitrogen and oxygen atoms in total. The number of amides is 1. The Morgan fingerprint density at radius 2 is 2.04 bits per heavy atom. The van der Waals surface area contributed by atoms with Crippen LogP contribution in [-0.4, -0.2) is 10.9 Å². The summed E-state index contributed by atoms with van der Waals surface area (Å²) in [6, 6.07) is 9.92. The summed E-state index contributed by atoms with van der Waals surface area (Å²) in [6.07, 6.45) is 0. The van der Waals surface area contributed by atoms with Crippen molar-refractivity contribution in [1.82, 2.24) is 4.98 Å². The molecule has 136 valence electrons. The number of rotatable bonds is 3. The Hall–Kier alpha value is -2.58. The molecule has 0 radical (unpaired) electrons. The number of hydrogen-bond donors (Lipinski definition) is 1. The molecule has 27 heavy (non-hydrogen) atoms. The zero-order valence-corrected chi connectivity index (χ0v) is 16.2. The molecule has 2 heterocycles. The lowest BCUT2D eigenvalue weighted by atomic mass is 10.1. The first-order valence-electron chi connectivity index (χ1n) is 7.84. The van der Waals surface area contributed by atoms with Crippen LogP contribution in [0.25, 0.3) is 21.5 Å². The van der Waals surface area contributed by atoms with E-state index in [1.165, 1.54) is 30.4 Å². The van der Waals surface area contributed by atoms with Crippen LogP contribution in [0.15, 0.2) is 50.7 Å². The van der Waals surface area contributed by atoms with Crippen molar-refractivity contribution in [2.24, 2.45) is 0 Å². The van der Waals surface area contributed by atoms with Crippen LogP contribution in [-0.2, 0) is 0 Å². The fourth-order valence-electron chi connectivity index (χ4n) is 2.58. The number of carbonyl (C=O) groups excluding carboxylic acids is 1. The summed E-state index contributed by atoms with van der Waals surface area (Å²) in [5.41, 5.74) is 1.86. The van der Waals surface area contributed by atoms with Gasteiger partial charge >= 0.3 is 5.91 Å². The maximum atomic E-state index is 14.2. The van der Waals surface area contributed by atoms with Gasteiger partial charge in [0.2, 0.25) is 0 Å². The molecule has 2 aromatic carbocycles. The van der Waals surface area contributed by atoms with Gasteiger partial charge in [0, 0.05) is 15.8 Å². The Bertz CT molecular complexity index is 1190. The van der Waals surface area contributed by atoms with E-state index in [1.54, 1.807) is 29.6 Å². The molecular weight excluding hydrogens is 438 g/mol. The van der Waals surface area contributed by atoms with E-state index < -0.39 is 17.5 Å². The maximum absolute atomic E-state index is 14.2. The number of oxazole rings is 1. The molecule has 0 saturated heterocycles. The summed E-state index contributed by atoms with van der Waals surface area (Å²) >= 11 is 4.54. The van der Waals surface area contributed by atoms with Crippen LogP contribution < -0.4 is 5.32 Å². The largest absolute Gasteiger partial charge is 0.431 e. The van der Waals surface area contributed by atoms with E-state index >= 15 is 0 Å². The van der Waals surface area contributed by atoms with Crippen LogP contribution in [0.3, 0.4) is 0 Å². The van der Waals surface area contributed by atoms with Crippen molar-refractivity contribution in [3.05, 3.63) is 69.3 Å². The number of aryl methyl sites for hydroxylation is 1. The minimum Gasteiger partial charge on any atom is -0.431 e. The molecule has 1 N–H and O–H groups in total. The molecule has 4 aromatic rings. The molecule has 0 aliphatic carbocycles. The highest BCUT2D eigenvalue weighted by Gasteiger charge is 2.18. The number of nitrogens with one attached hydrogen (secondary N) is 1. The summed E-state index contributed by atoms with van der Waals surface area (Å²) in [5, 5.41) is 4.30. The van der Waals surface area contributed by atoms with E-state index in [4.69, 9.17) is 4.42 Å². The van der Waals surface area contributed by atoms with Gasteiger partial charge in [-0.25, -0.2) is 13.8 Å². The van der Waals surface area contributed by atoms with E-state index in [1.807, 2.05) is 0 Å². The smallest absolute Gasteiger partial charge is 0.311 e. The van der Waals surface area contributed by atoms with Gasteiger partial charge in [-0.15, -0.1) is 11.3 Å². The average Bonchev–Trinajstić information content (AvgIpc) is 3.28. The lowest BCUT2D eigenvalue weighted by molar-refractivity contribution is 0.0992. The molecule has 2 aromatic heterocycles. The molecule has 0 aliphatic rings. The van der Waals surface area contributed by atoms with Crippen LogP contribution in [0.1, 0.15) is 16.2 Å². The van der Waals surface area contributed by atoms with E-state index in [9.17, 15) is 13.6 Å². The standard InChI is InChI=1S/C19H11BrF2N2O2S/c1-9-5-6-11(16(22)15(9)21)14-7-10(8-27-14)23-18(25)19-24-13-4-2-3-12(20)17(13)26-19/h2-8H,1H3,(H,23,25). The van der Waals surface area contributed by atoms with Gasteiger partial charge in [0.25, 0.3) is 5.89 Å². The summed E-state index contributed by atoms with van der Waals surface area (Å²) in [4.78, 5) is 17.1. The third kappa shape index (κ3) is 3.26. The number of para-hydroxylation sites is 1. The molecule has 1 amide bonds. The number of halogens is 3. The van der Waals surface area contributed by atoms with Crippen molar-refractivity contribution in [2.75, 3.05) is 5.32 Å². The number of benzene rings is 2. The summed E-state index contributed by atoms with van der Waals surface area (Å²) in [7, 11) is 0. The first kappa shape index (κ1) is 17.8. The Labute approximate surface area is 165 Å². The molecule has 0 unspecified atom stereocenters. The van der Waals surface area contributed by atoms with Crippen molar-refractivity contribution in [3.8, 4) is 10.4 Å². The van der Waals surface area contributed by atoms with Crippen molar-refractivity contribution in [2.45, 2.75) is 6.92 Å². The lowest BCUT2D eigenvalue weighted by Crippen LogP contribution is -2.11. The van der Waals surface area contributed by atoms with Gasteiger partial charge in [-0.05, 0) is 46.6 Å². The second-order valence-corrected chi connectivity index (χ2v) is 7.58. The third-order valence-corrected chi connectivity index (χ3v) is 5.55. The Morgan fingerprint density at radius 1 is 1.22 bits per heavy atom. The van der Waals surface area contributed by atoms with E-state index in [2.05, 4.69) is 26.2 Å². The predicted octanol–water partition coefficient (Wildman–Crippen LogP) is 6.16.